The zero-order chi connectivity index (χ0) is 20.7. The number of hydrogen-bond acceptors (Lipinski definition) is 3. The summed E-state index contributed by atoms with van der Waals surface area (Å²) in [4.78, 5) is 19.6. The lowest BCUT2D eigenvalue weighted by molar-refractivity contribution is -0.122. The van der Waals surface area contributed by atoms with Crippen LogP contribution in [0.2, 0.25) is 0 Å². The quantitative estimate of drug-likeness (QED) is 0.720. The zero-order valence-electron chi connectivity index (χ0n) is 17.3. The Hall–Kier alpha value is -2.73. The third kappa shape index (κ3) is 3.29. The molecular formula is C24H27FN4O. The number of carbonyl (C=O) groups is 1. The number of amides is 1. The number of rotatable bonds is 3. The molecule has 2 saturated heterocycles. The number of hydrogen-bond donors (Lipinski definition) is 1. The summed E-state index contributed by atoms with van der Waals surface area (Å²) >= 11 is 0. The van der Waals surface area contributed by atoms with Gasteiger partial charge in [-0.2, -0.15) is 0 Å². The standard InChI is InChI=1S/C24H27FN4O/c1-17-21(29-13-7-5-10-22(29)26-17)15-28-14-19(18-8-2-3-9-20(18)25)24(16-28)12-6-4-11-23(30)27-24/h2-3,5,7-10,13,19H,4,6,11-12,14-16H2,1H3,(H,27,30)/t19-,24+/m0/s1. The van der Waals surface area contributed by atoms with Crippen LogP contribution >= 0.6 is 0 Å². The lowest BCUT2D eigenvalue weighted by Gasteiger charge is -2.35. The average Bonchev–Trinajstić information content (AvgIpc) is 3.15. The molecule has 2 aliphatic rings. The van der Waals surface area contributed by atoms with Crippen molar-refractivity contribution in [3.05, 3.63) is 71.4 Å². The molecule has 1 N–H and O–H groups in total. The summed E-state index contributed by atoms with van der Waals surface area (Å²) in [6.07, 6.45) is 5.34. The maximum atomic E-state index is 14.8. The number of benzene rings is 1. The molecule has 0 aliphatic carbocycles. The molecule has 2 aliphatic heterocycles. The van der Waals surface area contributed by atoms with Gasteiger partial charge in [-0.1, -0.05) is 30.7 Å². The zero-order valence-corrected chi connectivity index (χ0v) is 17.3. The number of aryl methyl sites for hydroxylation is 1. The highest BCUT2D eigenvalue weighted by molar-refractivity contribution is 5.77. The number of nitrogens with one attached hydrogen (secondary N) is 1. The predicted molar refractivity (Wildman–Crippen MR) is 114 cm³/mol. The van der Waals surface area contributed by atoms with Gasteiger partial charge in [0.1, 0.15) is 11.5 Å². The van der Waals surface area contributed by atoms with Gasteiger partial charge in [0.15, 0.2) is 0 Å². The van der Waals surface area contributed by atoms with Crippen molar-refractivity contribution in [3.8, 4) is 0 Å². The normalized spacial score (nSPS) is 25.0. The molecule has 0 saturated carbocycles. The Labute approximate surface area is 175 Å². The molecule has 156 valence electrons. The van der Waals surface area contributed by atoms with Crippen molar-refractivity contribution in [1.29, 1.82) is 0 Å². The summed E-state index contributed by atoms with van der Waals surface area (Å²) in [5.74, 6) is -0.171. The second kappa shape index (κ2) is 7.51. The molecule has 30 heavy (non-hydrogen) atoms. The minimum absolute atomic E-state index is 0.0692. The van der Waals surface area contributed by atoms with Gasteiger partial charge in [-0.15, -0.1) is 0 Å². The number of pyridine rings is 1. The Balaban J connectivity index is 1.51. The van der Waals surface area contributed by atoms with E-state index in [0.29, 0.717) is 18.5 Å². The summed E-state index contributed by atoms with van der Waals surface area (Å²) in [5, 5.41) is 3.32. The summed E-state index contributed by atoms with van der Waals surface area (Å²) in [5.41, 5.74) is 3.37. The fraction of sp³-hybridized carbons (Fsp3) is 0.417. The van der Waals surface area contributed by atoms with Gasteiger partial charge in [-0.3, -0.25) is 9.69 Å². The third-order valence-electron chi connectivity index (χ3n) is 6.76. The number of aromatic nitrogens is 2. The van der Waals surface area contributed by atoms with Crippen LogP contribution in [0.3, 0.4) is 0 Å². The van der Waals surface area contributed by atoms with Crippen LogP contribution < -0.4 is 5.32 Å². The first-order valence-corrected chi connectivity index (χ1v) is 10.8. The third-order valence-corrected chi connectivity index (χ3v) is 6.76. The van der Waals surface area contributed by atoms with Gasteiger partial charge in [0, 0.05) is 38.2 Å². The van der Waals surface area contributed by atoms with Crippen molar-refractivity contribution in [2.75, 3.05) is 13.1 Å². The van der Waals surface area contributed by atoms with E-state index in [2.05, 4.69) is 19.6 Å². The van der Waals surface area contributed by atoms with Gasteiger partial charge in [-0.25, -0.2) is 9.37 Å². The molecule has 0 radical (unpaired) electrons. The SMILES string of the molecule is Cc1nc2ccccn2c1CN1C[C@@H](c2ccccc2F)[C@@]2(CCCCC(=O)N2)C1. The molecule has 4 heterocycles. The minimum atomic E-state index is -0.426. The molecule has 3 aromatic rings. The summed E-state index contributed by atoms with van der Waals surface area (Å²) < 4.78 is 16.9. The van der Waals surface area contributed by atoms with Crippen LogP contribution in [0.1, 0.15) is 48.6 Å². The highest BCUT2D eigenvalue weighted by Crippen LogP contribution is 2.42. The van der Waals surface area contributed by atoms with Crippen LogP contribution in [0.4, 0.5) is 4.39 Å². The van der Waals surface area contributed by atoms with Crippen LogP contribution in [-0.4, -0.2) is 38.8 Å². The second-order valence-corrected chi connectivity index (χ2v) is 8.73. The molecule has 1 amide bonds. The van der Waals surface area contributed by atoms with E-state index in [1.807, 2.05) is 43.5 Å². The molecule has 1 spiro atoms. The fourth-order valence-corrected chi connectivity index (χ4v) is 5.36. The van der Waals surface area contributed by atoms with Crippen LogP contribution in [-0.2, 0) is 11.3 Å². The molecule has 5 nitrogen and oxygen atoms in total. The molecule has 2 aromatic heterocycles. The van der Waals surface area contributed by atoms with E-state index >= 15 is 0 Å². The topological polar surface area (TPSA) is 49.6 Å². The van der Waals surface area contributed by atoms with Crippen LogP contribution in [0.5, 0.6) is 0 Å². The summed E-state index contributed by atoms with van der Waals surface area (Å²) in [6, 6.07) is 13.0. The highest BCUT2D eigenvalue weighted by atomic mass is 19.1. The highest BCUT2D eigenvalue weighted by Gasteiger charge is 2.49. The average molecular weight is 407 g/mol. The van der Waals surface area contributed by atoms with E-state index in [0.717, 1.165) is 49.4 Å². The number of fused-ring (bicyclic) bond motifs is 1. The van der Waals surface area contributed by atoms with Gasteiger partial charge < -0.3 is 9.72 Å². The van der Waals surface area contributed by atoms with Crippen molar-refractivity contribution in [2.45, 2.75) is 50.6 Å². The van der Waals surface area contributed by atoms with Gasteiger partial charge in [0.05, 0.1) is 16.9 Å². The Kier molecular flexibility index (Phi) is 4.82. The van der Waals surface area contributed by atoms with Crippen molar-refractivity contribution < 1.29 is 9.18 Å². The summed E-state index contributed by atoms with van der Waals surface area (Å²) in [7, 11) is 0. The smallest absolute Gasteiger partial charge is 0.220 e. The molecule has 0 bridgehead atoms. The van der Waals surface area contributed by atoms with Crippen molar-refractivity contribution in [1.82, 2.24) is 19.6 Å². The second-order valence-electron chi connectivity index (χ2n) is 8.73. The van der Waals surface area contributed by atoms with E-state index in [-0.39, 0.29) is 17.6 Å². The van der Waals surface area contributed by atoms with E-state index in [4.69, 9.17) is 0 Å². The van der Waals surface area contributed by atoms with E-state index < -0.39 is 5.54 Å². The number of carbonyl (C=O) groups excluding carboxylic acids is 1. The van der Waals surface area contributed by atoms with Crippen molar-refractivity contribution in [3.63, 3.8) is 0 Å². The monoisotopic (exact) mass is 406 g/mol. The van der Waals surface area contributed by atoms with Gasteiger partial charge >= 0.3 is 0 Å². The van der Waals surface area contributed by atoms with Gasteiger partial charge in [0.2, 0.25) is 5.91 Å². The first kappa shape index (κ1) is 19.2. The van der Waals surface area contributed by atoms with E-state index in [1.54, 1.807) is 6.07 Å². The fourth-order valence-electron chi connectivity index (χ4n) is 5.36. The first-order chi connectivity index (χ1) is 14.6. The van der Waals surface area contributed by atoms with Crippen molar-refractivity contribution >= 4 is 11.6 Å². The largest absolute Gasteiger partial charge is 0.349 e. The Morgan fingerprint density at radius 2 is 2.03 bits per heavy atom. The Bertz CT molecular complexity index is 1090. The van der Waals surface area contributed by atoms with Gasteiger partial charge in [-0.05, 0) is 43.5 Å². The van der Waals surface area contributed by atoms with E-state index in [1.165, 1.54) is 6.07 Å². The predicted octanol–water partition coefficient (Wildman–Crippen LogP) is 3.81. The Morgan fingerprint density at radius 1 is 1.20 bits per heavy atom. The van der Waals surface area contributed by atoms with Crippen LogP contribution in [0.15, 0.2) is 48.7 Å². The lowest BCUT2D eigenvalue weighted by Crippen LogP contribution is -2.52. The first-order valence-electron chi connectivity index (χ1n) is 10.8. The molecule has 5 rings (SSSR count). The molecule has 1 aromatic carbocycles. The Morgan fingerprint density at radius 3 is 2.90 bits per heavy atom. The lowest BCUT2D eigenvalue weighted by atomic mass is 9.78. The number of halogens is 1. The van der Waals surface area contributed by atoms with E-state index in [9.17, 15) is 9.18 Å². The summed E-state index contributed by atoms with van der Waals surface area (Å²) in [6.45, 7) is 4.19. The maximum Gasteiger partial charge on any atom is 0.220 e. The molecule has 2 atom stereocenters. The molecule has 0 unspecified atom stereocenters. The maximum absolute atomic E-state index is 14.8. The number of nitrogens with zero attached hydrogens (tertiary/aromatic N) is 3. The molecule has 2 fully saturated rings. The number of likely N-dealkylation sites (tertiary alicyclic amines) is 1. The molecule has 6 heteroatoms. The van der Waals surface area contributed by atoms with Crippen molar-refractivity contribution in [2.24, 2.45) is 0 Å². The van der Waals surface area contributed by atoms with Crippen LogP contribution in [0.25, 0.3) is 5.65 Å². The van der Waals surface area contributed by atoms with Gasteiger partial charge in [0.25, 0.3) is 0 Å². The molecular weight excluding hydrogens is 379 g/mol. The van der Waals surface area contributed by atoms with Crippen LogP contribution in [0, 0.1) is 12.7 Å². The minimum Gasteiger partial charge on any atom is -0.349 e. The number of imidazole rings is 1.